The zero-order chi connectivity index (χ0) is 12.0. The first-order valence-electron chi connectivity index (χ1n) is 6.14. The van der Waals surface area contributed by atoms with E-state index in [-0.39, 0.29) is 0 Å². The van der Waals surface area contributed by atoms with Crippen LogP contribution in [0, 0.1) is 0 Å². The number of H-pyrrole nitrogens is 1. The number of para-hydroxylation sites is 1. The second-order valence-electron chi connectivity index (χ2n) is 5.14. The fourth-order valence-corrected chi connectivity index (χ4v) is 2.85. The van der Waals surface area contributed by atoms with Crippen LogP contribution >= 0.6 is 0 Å². The number of benzene rings is 1. The lowest BCUT2D eigenvalue weighted by atomic mass is 9.91. The third-order valence-corrected chi connectivity index (χ3v) is 3.91. The SMILES string of the molecule is CN(C)C1CCc2[nH]c3c(O)cccc3c2C1. The predicted octanol–water partition coefficient (Wildman–Crippen LogP) is 2.29. The normalized spacial score (nSPS) is 19.8. The molecular weight excluding hydrogens is 212 g/mol. The number of hydrogen-bond acceptors (Lipinski definition) is 2. The first kappa shape index (κ1) is 10.7. The standard InChI is InChI=1S/C14H18N2O/c1-16(2)9-6-7-12-11(8-9)10-4-3-5-13(17)14(10)15-12/h3-5,9,15,17H,6-8H2,1-2H3. The van der Waals surface area contributed by atoms with Gasteiger partial charge < -0.3 is 15.0 Å². The van der Waals surface area contributed by atoms with Crippen LogP contribution in [0.15, 0.2) is 18.2 Å². The smallest absolute Gasteiger partial charge is 0.139 e. The highest BCUT2D eigenvalue weighted by Crippen LogP contribution is 2.33. The van der Waals surface area contributed by atoms with Crippen LogP contribution in [0.5, 0.6) is 5.75 Å². The van der Waals surface area contributed by atoms with Gasteiger partial charge in [0.05, 0.1) is 5.52 Å². The summed E-state index contributed by atoms with van der Waals surface area (Å²) in [7, 11) is 4.28. The molecule has 3 rings (SSSR count). The van der Waals surface area contributed by atoms with Gasteiger partial charge in [-0.15, -0.1) is 0 Å². The molecule has 1 aliphatic rings. The van der Waals surface area contributed by atoms with E-state index in [1.54, 1.807) is 6.07 Å². The number of hydrogen-bond donors (Lipinski definition) is 2. The summed E-state index contributed by atoms with van der Waals surface area (Å²) in [6.07, 6.45) is 3.34. The van der Waals surface area contributed by atoms with E-state index in [1.807, 2.05) is 6.07 Å². The maximum absolute atomic E-state index is 9.85. The van der Waals surface area contributed by atoms with Crippen LogP contribution in [0.3, 0.4) is 0 Å². The Labute approximate surface area is 101 Å². The molecule has 17 heavy (non-hydrogen) atoms. The molecule has 3 nitrogen and oxygen atoms in total. The molecule has 1 unspecified atom stereocenters. The molecule has 0 fully saturated rings. The number of aryl methyl sites for hydroxylation is 1. The van der Waals surface area contributed by atoms with E-state index in [1.165, 1.54) is 23.1 Å². The molecule has 0 radical (unpaired) electrons. The van der Waals surface area contributed by atoms with Crippen molar-refractivity contribution < 1.29 is 5.11 Å². The number of aromatic amines is 1. The number of rotatable bonds is 1. The monoisotopic (exact) mass is 230 g/mol. The van der Waals surface area contributed by atoms with Gasteiger partial charge >= 0.3 is 0 Å². The molecule has 1 aromatic heterocycles. The van der Waals surface area contributed by atoms with Gasteiger partial charge in [-0.1, -0.05) is 12.1 Å². The Morgan fingerprint density at radius 3 is 2.94 bits per heavy atom. The van der Waals surface area contributed by atoms with Crippen molar-refractivity contribution in [2.75, 3.05) is 14.1 Å². The van der Waals surface area contributed by atoms with Gasteiger partial charge in [0.1, 0.15) is 5.75 Å². The number of aromatic nitrogens is 1. The van der Waals surface area contributed by atoms with Crippen LogP contribution in [-0.4, -0.2) is 35.1 Å². The zero-order valence-corrected chi connectivity index (χ0v) is 10.3. The van der Waals surface area contributed by atoms with Gasteiger partial charge in [0.15, 0.2) is 0 Å². The molecule has 0 spiro atoms. The molecular formula is C14H18N2O. The minimum atomic E-state index is 0.360. The summed E-state index contributed by atoms with van der Waals surface area (Å²) in [6, 6.07) is 6.38. The molecule has 1 aliphatic carbocycles. The quantitative estimate of drug-likeness (QED) is 0.789. The van der Waals surface area contributed by atoms with E-state index >= 15 is 0 Å². The summed E-state index contributed by atoms with van der Waals surface area (Å²) in [5.41, 5.74) is 3.59. The van der Waals surface area contributed by atoms with Crippen LogP contribution in [0.4, 0.5) is 0 Å². The van der Waals surface area contributed by atoms with Crippen molar-refractivity contribution in [2.45, 2.75) is 25.3 Å². The largest absolute Gasteiger partial charge is 0.506 e. The number of phenols is 1. The minimum Gasteiger partial charge on any atom is -0.506 e. The molecule has 0 aliphatic heterocycles. The molecule has 90 valence electrons. The Morgan fingerprint density at radius 2 is 2.18 bits per heavy atom. The minimum absolute atomic E-state index is 0.360. The van der Waals surface area contributed by atoms with Crippen molar-refractivity contribution in [3.8, 4) is 5.75 Å². The molecule has 2 N–H and O–H groups in total. The average molecular weight is 230 g/mol. The number of phenolic OH excluding ortho intramolecular Hbond substituents is 1. The highest BCUT2D eigenvalue weighted by atomic mass is 16.3. The molecule has 2 aromatic rings. The van der Waals surface area contributed by atoms with Crippen LogP contribution in [0.1, 0.15) is 17.7 Å². The van der Waals surface area contributed by atoms with E-state index < -0.39 is 0 Å². The lowest BCUT2D eigenvalue weighted by Gasteiger charge is -2.28. The molecule has 0 amide bonds. The highest BCUT2D eigenvalue weighted by molar-refractivity contribution is 5.89. The Bertz CT molecular complexity index is 557. The van der Waals surface area contributed by atoms with E-state index in [2.05, 4.69) is 30.0 Å². The topological polar surface area (TPSA) is 39.3 Å². The molecule has 1 atom stereocenters. The summed E-state index contributed by atoms with van der Waals surface area (Å²) in [4.78, 5) is 5.67. The third kappa shape index (κ3) is 1.62. The Kier molecular flexibility index (Phi) is 2.37. The summed E-state index contributed by atoms with van der Waals surface area (Å²) >= 11 is 0. The third-order valence-electron chi connectivity index (χ3n) is 3.91. The zero-order valence-electron chi connectivity index (χ0n) is 10.3. The first-order valence-corrected chi connectivity index (χ1v) is 6.14. The molecule has 0 bridgehead atoms. The first-order chi connectivity index (χ1) is 8.16. The van der Waals surface area contributed by atoms with E-state index in [9.17, 15) is 5.11 Å². The van der Waals surface area contributed by atoms with E-state index in [4.69, 9.17) is 0 Å². The number of fused-ring (bicyclic) bond motifs is 3. The van der Waals surface area contributed by atoms with Crippen LogP contribution in [0.25, 0.3) is 10.9 Å². The summed E-state index contributed by atoms with van der Waals surface area (Å²) < 4.78 is 0. The second-order valence-corrected chi connectivity index (χ2v) is 5.14. The number of likely N-dealkylation sites (N-methyl/N-ethyl adjacent to an activating group) is 1. The summed E-state index contributed by atoms with van der Waals surface area (Å²) in [6.45, 7) is 0. The molecule has 0 saturated heterocycles. The van der Waals surface area contributed by atoms with Crippen LogP contribution in [0.2, 0.25) is 0 Å². The van der Waals surface area contributed by atoms with Crippen molar-refractivity contribution in [2.24, 2.45) is 0 Å². The summed E-state index contributed by atoms with van der Waals surface area (Å²) in [5, 5.41) is 11.0. The average Bonchev–Trinajstić information content (AvgIpc) is 2.68. The van der Waals surface area contributed by atoms with Gasteiger partial charge in [-0.05, 0) is 45.0 Å². The fraction of sp³-hybridized carbons (Fsp3) is 0.429. The molecule has 0 saturated carbocycles. The predicted molar refractivity (Wildman–Crippen MR) is 69.5 cm³/mol. The maximum Gasteiger partial charge on any atom is 0.139 e. The van der Waals surface area contributed by atoms with E-state index in [0.29, 0.717) is 11.8 Å². The van der Waals surface area contributed by atoms with Crippen molar-refractivity contribution in [3.63, 3.8) is 0 Å². The van der Waals surface area contributed by atoms with E-state index in [0.717, 1.165) is 18.4 Å². The van der Waals surface area contributed by atoms with Crippen molar-refractivity contribution in [1.82, 2.24) is 9.88 Å². The second kappa shape index (κ2) is 3.77. The van der Waals surface area contributed by atoms with Gasteiger partial charge in [-0.25, -0.2) is 0 Å². The number of nitrogens with zero attached hydrogens (tertiary/aromatic N) is 1. The maximum atomic E-state index is 9.85. The Balaban J connectivity index is 2.12. The van der Waals surface area contributed by atoms with Gasteiger partial charge in [0, 0.05) is 17.1 Å². The van der Waals surface area contributed by atoms with Gasteiger partial charge in [0.2, 0.25) is 0 Å². The lowest BCUT2D eigenvalue weighted by molar-refractivity contribution is 0.268. The van der Waals surface area contributed by atoms with Crippen molar-refractivity contribution in [1.29, 1.82) is 0 Å². The van der Waals surface area contributed by atoms with Gasteiger partial charge in [-0.3, -0.25) is 0 Å². The van der Waals surface area contributed by atoms with Crippen molar-refractivity contribution in [3.05, 3.63) is 29.5 Å². The van der Waals surface area contributed by atoms with Gasteiger partial charge in [0.25, 0.3) is 0 Å². The molecule has 3 heteroatoms. The molecule has 1 heterocycles. The van der Waals surface area contributed by atoms with Crippen LogP contribution in [-0.2, 0) is 12.8 Å². The Morgan fingerprint density at radius 1 is 1.35 bits per heavy atom. The number of aromatic hydroxyl groups is 1. The molecule has 1 aromatic carbocycles. The van der Waals surface area contributed by atoms with Crippen molar-refractivity contribution >= 4 is 10.9 Å². The van der Waals surface area contributed by atoms with Crippen LogP contribution < -0.4 is 0 Å². The highest BCUT2D eigenvalue weighted by Gasteiger charge is 2.24. The number of nitrogens with one attached hydrogen (secondary N) is 1. The lowest BCUT2D eigenvalue weighted by Crippen LogP contribution is -2.33. The summed E-state index contributed by atoms with van der Waals surface area (Å²) in [5.74, 6) is 0.360. The Hall–Kier alpha value is -1.48. The fourth-order valence-electron chi connectivity index (χ4n) is 2.85. The van der Waals surface area contributed by atoms with Gasteiger partial charge in [-0.2, -0.15) is 0 Å².